The Bertz CT molecular complexity index is 825. The Morgan fingerprint density at radius 1 is 1.16 bits per heavy atom. The second kappa shape index (κ2) is 6.23. The molecule has 0 radical (unpaired) electrons. The molecule has 1 aromatic heterocycles. The SMILES string of the molecule is O=C(c1ccc(Br)cc1)N1N=C(c2ccncc2)CC1(O)C(F)(F)F. The zero-order chi connectivity index (χ0) is 18.2. The molecule has 0 fully saturated rings. The van der Waals surface area contributed by atoms with Crippen LogP contribution in [0.1, 0.15) is 22.3 Å². The molecule has 9 heteroatoms. The Labute approximate surface area is 148 Å². The Hall–Kier alpha value is -2.26. The minimum absolute atomic E-state index is 0.0226. The number of benzene rings is 1. The Morgan fingerprint density at radius 2 is 1.76 bits per heavy atom. The largest absolute Gasteiger partial charge is 0.438 e. The monoisotopic (exact) mass is 413 g/mol. The molecule has 1 atom stereocenters. The van der Waals surface area contributed by atoms with Crippen LogP contribution in [0.15, 0.2) is 58.4 Å². The van der Waals surface area contributed by atoms with Gasteiger partial charge >= 0.3 is 6.18 Å². The van der Waals surface area contributed by atoms with Crippen LogP contribution in [0.5, 0.6) is 0 Å². The summed E-state index contributed by atoms with van der Waals surface area (Å²) in [6, 6.07) is 8.66. The number of aromatic nitrogens is 1. The van der Waals surface area contributed by atoms with Crippen molar-refractivity contribution in [3.63, 3.8) is 0 Å². The van der Waals surface area contributed by atoms with E-state index in [1.807, 2.05) is 0 Å². The van der Waals surface area contributed by atoms with E-state index in [2.05, 4.69) is 26.0 Å². The fourth-order valence-electron chi connectivity index (χ4n) is 2.40. The number of carbonyl (C=O) groups is 1. The standard InChI is InChI=1S/C16H11BrF3N3O2/c17-12-3-1-11(2-4-12)14(24)23-15(25,16(18,19)20)9-13(22-23)10-5-7-21-8-6-10/h1-8,25H,9H2. The molecule has 1 unspecified atom stereocenters. The normalized spacial score (nSPS) is 20.5. The molecular weight excluding hydrogens is 403 g/mol. The van der Waals surface area contributed by atoms with Crippen LogP contribution in [0, 0.1) is 0 Å². The maximum atomic E-state index is 13.5. The quantitative estimate of drug-likeness (QED) is 0.820. The lowest BCUT2D eigenvalue weighted by molar-refractivity contribution is -0.297. The van der Waals surface area contributed by atoms with Gasteiger partial charge in [0.1, 0.15) is 0 Å². The van der Waals surface area contributed by atoms with Gasteiger partial charge < -0.3 is 5.11 Å². The molecule has 2 aromatic rings. The van der Waals surface area contributed by atoms with Crippen molar-refractivity contribution in [1.82, 2.24) is 9.99 Å². The molecule has 0 saturated carbocycles. The molecule has 1 aliphatic rings. The topological polar surface area (TPSA) is 65.8 Å². The minimum Gasteiger partial charge on any atom is -0.362 e. The lowest BCUT2D eigenvalue weighted by atomic mass is 10.0. The molecule has 2 heterocycles. The van der Waals surface area contributed by atoms with E-state index in [0.717, 1.165) is 0 Å². The Balaban J connectivity index is 2.04. The molecule has 1 aliphatic heterocycles. The van der Waals surface area contributed by atoms with E-state index in [9.17, 15) is 23.1 Å². The van der Waals surface area contributed by atoms with Crippen LogP contribution in [-0.4, -0.2) is 38.6 Å². The van der Waals surface area contributed by atoms with Gasteiger partial charge in [-0.25, -0.2) is 0 Å². The summed E-state index contributed by atoms with van der Waals surface area (Å²) in [4.78, 5) is 16.3. The summed E-state index contributed by atoms with van der Waals surface area (Å²) in [6.07, 6.45) is -3.15. The van der Waals surface area contributed by atoms with Gasteiger partial charge in [0.15, 0.2) is 0 Å². The number of amides is 1. The first kappa shape index (κ1) is 17.6. The molecule has 0 bridgehead atoms. The van der Waals surface area contributed by atoms with E-state index in [1.165, 1.54) is 48.8 Å². The smallest absolute Gasteiger partial charge is 0.362 e. The number of halogens is 4. The van der Waals surface area contributed by atoms with E-state index < -0.39 is 24.2 Å². The van der Waals surface area contributed by atoms with E-state index in [1.54, 1.807) is 0 Å². The number of hydrazone groups is 1. The molecule has 0 saturated heterocycles. The van der Waals surface area contributed by atoms with Gasteiger partial charge in [0.05, 0.1) is 12.1 Å². The summed E-state index contributed by atoms with van der Waals surface area (Å²) < 4.78 is 41.1. The van der Waals surface area contributed by atoms with Crippen molar-refractivity contribution in [2.75, 3.05) is 0 Å². The predicted molar refractivity (Wildman–Crippen MR) is 86.7 cm³/mol. The molecule has 1 aromatic carbocycles. The molecule has 5 nitrogen and oxygen atoms in total. The second-order valence-corrected chi connectivity index (χ2v) is 6.31. The minimum atomic E-state index is -5.07. The number of aliphatic hydroxyl groups is 1. The van der Waals surface area contributed by atoms with Gasteiger partial charge in [0.25, 0.3) is 11.6 Å². The Morgan fingerprint density at radius 3 is 2.32 bits per heavy atom. The average molecular weight is 414 g/mol. The first-order chi connectivity index (χ1) is 11.7. The number of pyridine rings is 1. The van der Waals surface area contributed by atoms with Crippen LogP contribution in [0.4, 0.5) is 13.2 Å². The fraction of sp³-hybridized carbons (Fsp3) is 0.188. The van der Waals surface area contributed by atoms with Crippen molar-refractivity contribution in [2.45, 2.75) is 18.3 Å². The zero-order valence-corrected chi connectivity index (χ0v) is 14.1. The summed E-state index contributed by atoms with van der Waals surface area (Å²) in [7, 11) is 0. The van der Waals surface area contributed by atoms with Crippen LogP contribution in [0.3, 0.4) is 0 Å². The third-order valence-corrected chi connectivity index (χ3v) is 4.26. The number of hydrogen-bond donors (Lipinski definition) is 1. The van der Waals surface area contributed by atoms with Crippen LogP contribution in [0.2, 0.25) is 0 Å². The van der Waals surface area contributed by atoms with E-state index in [-0.39, 0.29) is 16.3 Å². The van der Waals surface area contributed by atoms with Crippen molar-refractivity contribution in [2.24, 2.45) is 5.10 Å². The van der Waals surface area contributed by atoms with E-state index in [4.69, 9.17) is 0 Å². The Kier molecular flexibility index (Phi) is 4.38. The van der Waals surface area contributed by atoms with E-state index in [0.29, 0.717) is 10.0 Å². The number of nitrogens with zero attached hydrogens (tertiary/aromatic N) is 3. The van der Waals surface area contributed by atoms with Crippen LogP contribution in [-0.2, 0) is 0 Å². The molecule has 3 rings (SSSR count). The number of carbonyl (C=O) groups excluding carboxylic acids is 1. The van der Waals surface area contributed by atoms with Gasteiger partial charge in [-0.15, -0.1) is 0 Å². The van der Waals surface area contributed by atoms with Crippen molar-refractivity contribution in [3.8, 4) is 0 Å². The van der Waals surface area contributed by atoms with Gasteiger partial charge in [-0.05, 0) is 36.4 Å². The third-order valence-electron chi connectivity index (χ3n) is 3.74. The van der Waals surface area contributed by atoms with Gasteiger partial charge in [0, 0.05) is 28.0 Å². The van der Waals surface area contributed by atoms with Crippen LogP contribution in [0.25, 0.3) is 0 Å². The number of alkyl halides is 3. The lowest BCUT2D eigenvalue weighted by Gasteiger charge is -2.32. The summed E-state index contributed by atoms with van der Waals surface area (Å²) in [6.45, 7) is 0. The lowest BCUT2D eigenvalue weighted by Crippen LogP contribution is -2.56. The second-order valence-electron chi connectivity index (χ2n) is 5.40. The zero-order valence-electron chi connectivity index (χ0n) is 12.5. The molecule has 0 aliphatic carbocycles. The van der Waals surface area contributed by atoms with Gasteiger partial charge in [-0.1, -0.05) is 15.9 Å². The highest BCUT2D eigenvalue weighted by Gasteiger charge is 2.63. The van der Waals surface area contributed by atoms with Crippen molar-refractivity contribution >= 4 is 27.5 Å². The molecule has 130 valence electrons. The maximum Gasteiger partial charge on any atom is 0.438 e. The third kappa shape index (κ3) is 3.16. The first-order valence-corrected chi connectivity index (χ1v) is 7.89. The molecule has 25 heavy (non-hydrogen) atoms. The summed E-state index contributed by atoms with van der Waals surface area (Å²) in [5.41, 5.74) is -3.13. The first-order valence-electron chi connectivity index (χ1n) is 7.09. The fourth-order valence-corrected chi connectivity index (χ4v) is 2.66. The average Bonchev–Trinajstić information content (AvgIpc) is 2.95. The maximum absolute atomic E-state index is 13.5. The van der Waals surface area contributed by atoms with Crippen LogP contribution < -0.4 is 0 Å². The number of rotatable bonds is 2. The van der Waals surface area contributed by atoms with E-state index >= 15 is 0 Å². The highest BCUT2D eigenvalue weighted by Crippen LogP contribution is 2.41. The van der Waals surface area contributed by atoms with Crippen molar-refractivity contribution in [3.05, 3.63) is 64.4 Å². The van der Waals surface area contributed by atoms with Crippen molar-refractivity contribution in [1.29, 1.82) is 0 Å². The van der Waals surface area contributed by atoms with Gasteiger partial charge in [0.2, 0.25) is 0 Å². The summed E-state index contributed by atoms with van der Waals surface area (Å²) in [5.74, 6) is -1.05. The van der Waals surface area contributed by atoms with Gasteiger partial charge in [-0.2, -0.15) is 23.3 Å². The molecule has 1 amide bonds. The molecule has 1 N–H and O–H groups in total. The van der Waals surface area contributed by atoms with Crippen molar-refractivity contribution < 1.29 is 23.1 Å². The highest BCUT2D eigenvalue weighted by atomic mass is 79.9. The summed E-state index contributed by atoms with van der Waals surface area (Å²) >= 11 is 3.18. The molecule has 0 spiro atoms. The van der Waals surface area contributed by atoms with Gasteiger partial charge in [-0.3, -0.25) is 9.78 Å². The van der Waals surface area contributed by atoms with Crippen LogP contribution >= 0.6 is 15.9 Å². The number of hydrogen-bond acceptors (Lipinski definition) is 4. The highest BCUT2D eigenvalue weighted by molar-refractivity contribution is 9.10. The molecular formula is C16H11BrF3N3O2. The predicted octanol–water partition coefficient (Wildman–Crippen LogP) is 3.35. The summed E-state index contributed by atoms with van der Waals surface area (Å²) in [5, 5.41) is 14.1.